The van der Waals surface area contributed by atoms with Crippen LogP contribution in [0.3, 0.4) is 0 Å². The number of amides is 1. The fourth-order valence-corrected chi connectivity index (χ4v) is 3.09. The lowest BCUT2D eigenvalue weighted by molar-refractivity contribution is -0.131. The lowest BCUT2D eigenvalue weighted by Gasteiger charge is -2.01. The minimum absolute atomic E-state index is 0.325. The number of imidazole rings is 1. The summed E-state index contributed by atoms with van der Waals surface area (Å²) in [6.45, 7) is 1.34. The molecule has 4 rings (SSSR count). The zero-order chi connectivity index (χ0) is 21.6. The van der Waals surface area contributed by atoms with E-state index in [2.05, 4.69) is 20.5 Å². The van der Waals surface area contributed by atoms with Crippen molar-refractivity contribution in [2.45, 2.75) is 13.3 Å². The molecule has 0 spiro atoms. The lowest BCUT2D eigenvalue weighted by atomic mass is 10.1. The maximum Gasteiger partial charge on any atom is 0.308 e. The molecular formula is C24H20N4O3. The number of nitrogens with one attached hydrogen (secondary N) is 2. The van der Waals surface area contributed by atoms with Gasteiger partial charge >= 0.3 is 5.97 Å². The first kappa shape index (κ1) is 20.0. The van der Waals surface area contributed by atoms with Crippen LogP contribution in [-0.2, 0) is 11.2 Å². The summed E-state index contributed by atoms with van der Waals surface area (Å²) in [5.41, 5.74) is 6.51. The van der Waals surface area contributed by atoms with Crippen LogP contribution < -0.4 is 10.2 Å². The highest BCUT2D eigenvalue weighted by atomic mass is 16.5. The molecule has 7 nitrogen and oxygen atoms in total. The number of aromatic amines is 1. The number of hydrogen-bond donors (Lipinski definition) is 2. The van der Waals surface area contributed by atoms with E-state index in [1.54, 1.807) is 36.4 Å². The largest absolute Gasteiger partial charge is 0.427 e. The van der Waals surface area contributed by atoms with Gasteiger partial charge in [-0.1, -0.05) is 30.3 Å². The number of carbonyl (C=O) groups is 2. The number of hydrogen-bond acceptors (Lipinski definition) is 5. The SMILES string of the molecule is CC(=O)Oc1ccc(/C=N\NC(=O)c2ccc3nc(Cc4ccccc4)[nH]c3c2)cc1. The highest BCUT2D eigenvalue weighted by molar-refractivity contribution is 5.97. The van der Waals surface area contributed by atoms with Crippen molar-refractivity contribution in [3.8, 4) is 5.75 Å². The Labute approximate surface area is 178 Å². The second-order valence-corrected chi connectivity index (χ2v) is 6.94. The molecule has 0 aliphatic heterocycles. The van der Waals surface area contributed by atoms with Crippen molar-refractivity contribution in [1.82, 2.24) is 15.4 Å². The third-order valence-corrected chi connectivity index (χ3v) is 4.53. The summed E-state index contributed by atoms with van der Waals surface area (Å²) >= 11 is 0. The number of ether oxygens (including phenoxy) is 1. The van der Waals surface area contributed by atoms with E-state index in [4.69, 9.17) is 4.74 Å². The Morgan fingerprint density at radius 3 is 2.58 bits per heavy atom. The average molecular weight is 412 g/mol. The van der Waals surface area contributed by atoms with Gasteiger partial charge in [0.15, 0.2) is 0 Å². The van der Waals surface area contributed by atoms with E-state index in [-0.39, 0.29) is 11.9 Å². The second-order valence-electron chi connectivity index (χ2n) is 6.94. The van der Waals surface area contributed by atoms with Crippen molar-refractivity contribution in [3.05, 3.63) is 95.3 Å². The summed E-state index contributed by atoms with van der Waals surface area (Å²) in [7, 11) is 0. The standard InChI is InChI=1S/C24H20N4O3/c1-16(29)31-20-10-7-18(8-11-20)15-25-28-24(30)19-9-12-21-22(14-19)27-23(26-21)13-17-5-3-2-4-6-17/h2-12,14-15H,13H2,1H3,(H,26,27)(H,28,30)/b25-15-. The van der Waals surface area contributed by atoms with Crippen LogP contribution in [0.1, 0.15) is 34.2 Å². The summed E-state index contributed by atoms with van der Waals surface area (Å²) in [5, 5.41) is 3.99. The Morgan fingerprint density at radius 2 is 1.84 bits per heavy atom. The molecule has 0 radical (unpaired) electrons. The Bertz CT molecular complexity index is 1250. The molecule has 0 aliphatic rings. The quantitative estimate of drug-likeness (QED) is 0.218. The molecule has 7 heteroatoms. The minimum atomic E-state index is -0.380. The highest BCUT2D eigenvalue weighted by Crippen LogP contribution is 2.16. The van der Waals surface area contributed by atoms with Gasteiger partial charge in [-0.15, -0.1) is 0 Å². The Morgan fingerprint density at radius 1 is 1.06 bits per heavy atom. The van der Waals surface area contributed by atoms with Crippen LogP contribution in [-0.4, -0.2) is 28.1 Å². The van der Waals surface area contributed by atoms with E-state index < -0.39 is 0 Å². The third-order valence-electron chi connectivity index (χ3n) is 4.53. The van der Waals surface area contributed by atoms with E-state index >= 15 is 0 Å². The number of carbonyl (C=O) groups excluding carboxylic acids is 2. The lowest BCUT2D eigenvalue weighted by Crippen LogP contribution is -2.17. The van der Waals surface area contributed by atoms with Gasteiger partial charge in [-0.3, -0.25) is 9.59 Å². The first-order valence-corrected chi connectivity index (χ1v) is 9.71. The van der Waals surface area contributed by atoms with Gasteiger partial charge in [0.1, 0.15) is 11.6 Å². The van der Waals surface area contributed by atoms with Gasteiger partial charge in [-0.2, -0.15) is 5.10 Å². The molecule has 0 saturated carbocycles. The number of nitrogens with zero attached hydrogens (tertiary/aromatic N) is 2. The number of fused-ring (bicyclic) bond motifs is 1. The fourth-order valence-electron chi connectivity index (χ4n) is 3.09. The van der Waals surface area contributed by atoms with Gasteiger partial charge in [0, 0.05) is 18.9 Å². The molecule has 0 atom stereocenters. The van der Waals surface area contributed by atoms with E-state index in [1.807, 2.05) is 36.4 Å². The average Bonchev–Trinajstić information content (AvgIpc) is 3.16. The topological polar surface area (TPSA) is 96.4 Å². The van der Waals surface area contributed by atoms with E-state index in [0.29, 0.717) is 17.7 Å². The molecule has 1 amide bonds. The van der Waals surface area contributed by atoms with Crippen LogP contribution in [0, 0.1) is 0 Å². The van der Waals surface area contributed by atoms with Crippen molar-refractivity contribution in [1.29, 1.82) is 0 Å². The molecule has 0 unspecified atom stereocenters. The predicted molar refractivity (Wildman–Crippen MR) is 118 cm³/mol. The summed E-state index contributed by atoms with van der Waals surface area (Å²) < 4.78 is 4.98. The zero-order valence-electron chi connectivity index (χ0n) is 16.8. The van der Waals surface area contributed by atoms with E-state index in [9.17, 15) is 9.59 Å². The minimum Gasteiger partial charge on any atom is -0.427 e. The van der Waals surface area contributed by atoms with Crippen LogP contribution in [0.15, 0.2) is 77.9 Å². The summed E-state index contributed by atoms with van der Waals surface area (Å²) in [6.07, 6.45) is 2.21. The number of benzene rings is 3. The molecule has 0 bridgehead atoms. The molecule has 2 N–H and O–H groups in total. The predicted octanol–water partition coefficient (Wildman–Crippen LogP) is 3.84. The summed E-state index contributed by atoms with van der Waals surface area (Å²) in [4.78, 5) is 31.2. The summed E-state index contributed by atoms with van der Waals surface area (Å²) in [5.74, 6) is 0.589. The van der Waals surface area contributed by atoms with E-state index in [0.717, 1.165) is 28.0 Å². The molecule has 31 heavy (non-hydrogen) atoms. The maximum atomic E-state index is 12.4. The molecule has 154 valence electrons. The monoisotopic (exact) mass is 412 g/mol. The van der Waals surface area contributed by atoms with Crippen molar-refractivity contribution >= 4 is 29.1 Å². The molecule has 3 aromatic carbocycles. The smallest absolute Gasteiger partial charge is 0.308 e. The normalized spacial score (nSPS) is 11.0. The Kier molecular flexibility index (Phi) is 5.84. The van der Waals surface area contributed by atoms with Crippen LogP contribution in [0.25, 0.3) is 11.0 Å². The van der Waals surface area contributed by atoms with Crippen molar-refractivity contribution < 1.29 is 14.3 Å². The fraction of sp³-hybridized carbons (Fsp3) is 0.0833. The molecule has 0 aliphatic carbocycles. The van der Waals surface area contributed by atoms with Crippen LogP contribution in [0.4, 0.5) is 0 Å². The van der Waals surface area contributed by atoms with Crippen molar-refractivity contribution in [2.24, 2.45) is 5.10 Å². The number of aromatic nitrogens is 2. The first-order valence-electron chi connectivity index (χ1n) is 9.71. The second kappa shape index (κ2) is 9.04. The van der Waals surface area contributed by atoms with E-state index in [1.165, 1.54) is 13.1 Å². The Hall–Kier alpha value is -4.26. The number of esters is 1. The van der Waals surface area contributed by atoms with Crippen LogP contribution in [0.2, 0.25) is 0 Å². The Balaban J connectivity index is 1.40. The van der Waals surface area contributed by atoms with Gasteiger partial charge in [0.05, 0.1) is 17.2 Å². The number of rotatable bonds is 6. The van der Waals surface area contributed by atoms with Gasteiger partial charge in [-0.25, -0.2) is 10.4 Å². The highest BCUT2D eigenvalue weighted by Gasteiger charge is 2.09. The number of H-pyrrole nitrogens is 1. The van der Waals surface area contributed by atoms with Crippen LogP contribution >= 0.6 is 0 Å². The molecule has 0 fully saturated rings. The van der Waals surface area contributed by atoms with Gasteiger partial charge in [0.2, 0.25) is 0 Å². The van der Waals surface area contributed by atoms with Gasteiger partial charge in [-0.05, 0) is 53.6 Å². The number of hydrazone groups is 1. The molecule has 1 heterocycles. The first-order chi connectivity index (χ1) is 15.1. The molecule has 1 aromatic heterocycles. The third kappa shape index (κ3) is 5.22. The van der Waals surface area contributed by atoms with Gasteiger partial charge < -0.3 is 9.72 Å². The van der Waals surface area contributed by atoms with Crippen molar-refractivity contribution in [2.75, 3.05) is 0 Å². The molecular weight excluding hydrogens is 392 g/mol. The summed E-state index contributed by atoms with van der Waals surface area (Å²) in [6, 6.07) is 22.1. The molecule has 4 aromatic rings. The van der Waals surface area contributed by atoms with Gasteiger partial charge in [0.25, 0.3) is 5.91 Å². The maximum absolute atomic E-state index is 12.4. The molecule has 0 saturated heterocycles. The zero-order valence-corrected chi connectivity index (χ0v) is 16.8. The van der Waals surface area contributed by atoms with Crippen molar-refractivity contribution in [3.63, 3.8) is 0 Å². The van der Waals surface area contributed by atoms with Crippen LogP contribution in [0.5, 0.6) is 5.75 Å².